The fraction of sp³-hybridized carbons (Fsp3) is 0.158. The molecule has 0 bridgehead atoms. The van der Waals surface area contributed by atoms with Crippen LogP contribution in [0.1, 0.15) is 39.8 Å². The number of aryl methyl sites for hydroxylation is 2. The van der Waals surface area contributed by atoms with Gasteiger partial charge in [-0.3, -0.25) is 14.2 Å². The molecule has 0 spiro atoms. The first-order valence-corrected chi connectivity index (χ1v) is 16.4. The van der Waals surface area contributed by atoms with Gasteiger partial charge in [0.25, 0.3) is 5.91 Å². The Bertz CT molecular complexity index is 2030. The third-order valence-electron chi connectivity index (χ3n) is 7.71. The average molecular weight is 642 g/mol. The first kappa shape index (κ1) is 31.6. The van der Waals surface area contributed by atoms with Gasteiger partial charge in [0.05, 0.1) is 18.0 Å². The van der Waals surface area contributed by atoms with Gasteiger partial charge in [0.2, 0.25) is 5.91 Å². The highest BCUT2D eigenvalue weighted by molar-refractivity contribution is 7.99. The van der Waals surface area contributed by atoms with Crippen LogP contribution in [0.25, 0.3) is 16.5 Å². The lowest BCUT2D eigenvalue weighted by Crippen LogP contribution is -2.15. The smallest absolute Gasteiger partial charge is 0.255 e. The van der Waals surface area contributed by atoms with Gasteiger partial charge >= 0.3 is 0 Å². The van der Waals surface area contributed by atoms with Crippen LogP contribution in [-0.4, -0.2) is 38.9 Å². The third kappa shape index (κ3) is 7.53. The summed E-state index contributed by atoms with van der Waals surface area (Å²) in [6.07, 6.45) is 0.590. The number of fused-ring (bicyclic) bond motifs is 1. The summed E-state index contributed by atoms with van der Waals surface area (Å²) in [7, 11) is 0. The van der Waals surface area contributed by atoms with Crippen LogP contribution in [0.3, 0.4) is 0 Å². The molecular weight excluding hydrogens is 607 g/mol. The average Bonchev–Trinajstić information content (AvgIpc) is 3.47. The van der Waals surface area contributed by atoms with Gasteiger partial charge in [-0.2, -0.15) is 0 Å². The molecule has 5 aromatic carbocycles. The molecule has 0 aliphatic heterocycles. The fourth-order valence-corrected chi connectivity index (χ4v) is 6.22. The van der Waals surface area contributed by atoms with Crippen molar-refractivity contribution in [2.45, 2.75) is 32.3 Å². The highest BCUT2D eigenvalue weighted by atomic mass is 32.2. The molecule has 236 valence electrons. The molecule has 6 rings (SSSR count). The summed E-state index contributed by atoms with van der Waals surface area (Å²) in [5, 5.41) is 17.9. The van der Waals surface area contributed by atoms with Crippen molar-refractivity contribution in [3.63, 3.8) is 0 Å². The summed E-state index contributed by atoms with van der Waals surface area (Å²) in [5.41, 5.74) is 6.16. The van der Waals surface area contributed by atoms with Crippen LogP contribution in [0.2, 0.25) is 0 Å². The number of aromatic nitrogens is 3. The van der Waals surface area contributed by atoms with E-state index in [0.717, 1.165) is 28.4 Å². The Labute approximate surface area is 278 Å². The number of benzene rings is 5. The van der Waals surface area contributed by atoms with Gasteiger partial charge < -0.3 is 15.4 Å². The van der Waals surface area contributed by atoms with Gasteiger partial charge in [-0.25, -0.2) is 0 Å². The quantitative estimate of drug-likeness (QED) is 0.139. The van der Waals surface area contributed by atoms with Gasteiger partial charge in [0.15, 0.2) is 5.16 Å². The molecule has 47 heavy (non-hydrogen) atoms. The Morgan fingerprint density at radius 3 is 2.30 bits per heavy atom. The van der Waals surface area contributed by atoms with Gasteiger partial charge in [0.1, 0.15) is 11.6 Å². The topological polar surface area (TPSA) is 98.1 Å². The largest absolute Gasteiger partial charge is 0.494 e. The van der Waals surface area contributed by atoms with E-state index in [2.05, 4.69) is 87.8 Å². The number of nitrogens with one attached hydrogen (secondary N) is 2. The third-order valence-corrected chi connectivity index (χ3v) is 8.64. The summed E-state index contributed by atoms with van der Waals surface area (Å²) in [4.78, 5) is 25.8. The van der Waals surface area contributed by atoms with Crippen LogP contribution in [0, 0.1) is 13.8 Å². The maximum Gasteiger partial charge on any atom is 0.255 e. The number of carbonyl (C=O) groups is 2. The van der Waals surface area contributed by atoms with E-state index in [1.54, 1.807) is 36.4 Å². The Hall–Kier alpha value is -5.41. The molecule has 8 nitrogen and oxygen atoms in total. The summed E-state index contributed by atoms with van der Waals surface area (Å²) in [6, 6.07) is 34.9. The van der Waals surface area contributed by atoms with E-state index in [9.17, 15) is 9.59 Å². The van der Waals surface area contributed by atoms with E-state index in [4.69, 9.17) is 4.74 Å². The molecule has 0 saturated heterocycles. The molecule has 0 fully saturated rings. The number of amides is 2. The van der Waals surface area contributed by atoms with Crippen molar-refractivity contribution in [1.82, 2.24) is 14.8 Å². The summed E-state index contributed by atoms with van der Waals surface area (Å²) >= 11 is 1.33. The number of hydrogen-bond donors (Lipinski definition) is 2. The van der Waals surface area contributed by atoms with Gasteiger partial charge in [-0.1, -0.05) is 71.9 Å². The maximum absolute atomic E-state index is 13.0. The summed E-state index contributed by atoms with van der Waals surface area (Å²) < 4.78 is 7.51. The molecule has 9 heteroatoms. The minimum absolute atomic E-state index is 0.136. The van der Waals surface area contributed by atoms with E-state index in [1.807, 2.05) is 31.2 Å². The summed E-state index contributed by atoms with van der Waals surface area (Å²) in [6.45, 7) is 6.65. The number of carbonyl (C=O) groups excluding carboxylic acids is 2. The van der Waals surface area contributed by atoms with Crippen LogP contribution in [0.15, 0.2) is 114 Å². The van der Waals surface area contributed by atoms with Crippen LogP contribution >= 0.6 is 11.8 Å². The van der Waals surface area contributed by atoms with Crippen LogP contribution in [-0.2, 0) is 11.2 Å². The zero-order valence-electron chi connectivity index (χ0n) is 26.5. The van der Waals surface area contributed by atoms with Crippen molar-refractivity contribution >= 4 is 45.7 Å². The van der Waals surface area contributed by atoms with Crippen molar-refractivity contribution in [1.29, 1.82) is 0 Å². The lowest BCUT2D eigenvalue weighted by molar-refractivity contribution is -0.113. The lowest BCUT2D eigenvalue weighted by atomic mass is 10.0. The monoisotopic (exact) mass is 641 g/mol. The summed E-state index contributed by atoms with van der Waals surface area (Å²) in [5.74, 6) is 1.25. The molecule has 6 aromatic rings. The molecule has 1 heterocycles. The van der Waals surface area contributed by atoms with Crippen molar-refractivity contribution in [3.8, 4) is 11.4 Å². The molecule has 0 unspecified atom stereocenters. The number of ether oxygens (including phenoxy) is 1. The molecule has 0 atom stereocenters. The Morgan fingerprint density at radius 2 is 1.53 bits per heavy atom. The molecule has 2 amide bonds. The van der Waals surface area contributed by atoms with E-state index >= 15 is 0 Å². The first-order chi connectivity index (χ1) is 22.9. The minimum Gasteiger partial charge on any atom is -0.494 e. The number of anilines is 2. The van der Waals surface area contributed by atoms with E-state index < -0.39 is 0 Å². The van der Waals surface area contributed by atoms with E-state index in [-0.39, 0.29) is 17.6 Å². The highest BCUT2D eigenvalue weighted by Crippen LogP contribution is 2.28. The molecule has 1 aromatic heterocycles. The maximum atomic E-state index is 13.0. The molecule has 0 saturated carbocycles. The number of rotatable bonds is 11. The first-order valence-electron chi connectivity index (χ1n) is 15.4. The van der Waals surface area contributed by atoms with Crippen molar-refractivity contribution in [3.05, 3.63) is 137 Å². The second-order valence-corrected chi connectivity index (χ2v) is 12.1. The number of thioether (sulfide) groups is 1. The Kier molecular flexibility index (Phi) is 9.64. The Balaban J connectivity index is 1.14. The standard InChI is InChI=1S/C38H35N5O3S/c1-4-46-32-19-17-31(18-20-32)40-37(45)28-13-15-30(16-14-28)39-36(44)24-47-38-42-41-35(43(38)34-21-12-25(2)22-26(34)3)23-29-10-7-9-27-8-5-6-11-33(27)29/h5-22H,4,23-24H2,1-3H3,(H,39,44)(H,40,45). The predicted octanol–water partition coefficient (Wildman–Crippen LogP) is 8.01. The van der Waals surface area contributed by atoms with Gasteiger partial charge in [0, 0.05) is 23.4 Å². The normalized spacial score (nSPS) is 11.0. The van der Waals surface area contributed by atoms with Crippen LogP contribution < -0.4 is 15.4 Å². The second kappa shape index (κ2) is 14.3. The van der Waals surface area contributed by atoms with Gasteiger partial charge in [-0.05, 0) is 97.3 Å². The minimum atomic E-state index is -0.243. The van der Waals surface area contributed by atoms with Crippen molar-refractivity contribution < 1.29 is 14.3 Å². The van der Waals surface area contributed by atoms with Gasteiger partial charge in [-0.15, -0.1) is 10.2 Å². The number of hydrogen-bond acceptors (Lipinski definition) is 6. The van der Waals surface area contributed by atoms with Crippen LogP contribution in [0.4, 0.5) is 11.4 Å². The molecule has 2 N–H and O–H groups in total. The molecule has 0 aliphatic carbocycles. The molecular formula is C38H35N5O3S. The van der Waals surface area contributed by atoms with Crippen molar-refractivity contribution in [2.75, 3.05) is 23.0 Å². The Morgan fingerprint density at radius 1 is 0.809 bits per heavy atom. The highest BCUT2D eigenvalue weighted by Gasteiger charge is 2.19. The van der Waals surface area contributed by atoms with E-state index in [1.165, 1.54) is 28.1 Å². The van der Waals surface area contributed by atoms with Crippen LogP contribution in [0.5, 0.6) is 5.75 Å². The lowest BCUT2D eigenvalue weighted by Gasteiger charge is -2.14. The molecule has 0 aliphatic rings. The predicted molar refractivity (Wildman–Crippen MR) is 189 cm³/mol. The SMILES string of the molecule is CCOc1ccc(NC(=O)c2ccc(NC(=O)CSc3nnc(Cc4cccc5ccccc45)n3-c3ccc(C)cc3C)cc2)cc1. The number of nitrogens with zero attached hydrogens (tertiary/aromatic N) is 3. The molecule has 0 radical (unpaired) electrons. The zero-order valence-corrected chi connectivity index (χ0v) is 27.3. The van der Waals surface area contributed by atoms with Crippen molar-refractivity contribution in [2.24, 2.45) is 0 Å². The fourth-order valence-electron chi connectivity index (χ4n) is 5.46. The second-order valence-electron chi connectivity index (χ2n) is 11.2. The van der Waals surface area contributed by atoms with E-state index in [0.29, 0.717) is 35.1 Å². The zero-order chi connectivity index (χ0) is 32.8.